The minimum Gasteiger partial charge on any atom is -0.278 e. The lowest BCUT2D eigenvalue weighted by Gasteiger charge is -2.10. The molecule has 0 aliphatic rings. The fourth-order valence-corrected chi connectivity index (χ4v) is 3.76. The first-order chi connectivity index (χ1) is 9.29. The molecule has 20 heavy (non-hydrogen) atoms. The van der Waals surface area contributed by atoms with Crippen LogP contribution in [0.4, 0.5) is 5.69 Å². The second kappa shape index (κ2) is 6.19. The van der Waals surface area contributed by atoms with Crippen molar-refractivity contribution in [3.05, 3.63) is 49.6 Å². The molecule has 0 saturated carbocycles. The third-order valence-electron chi connectivity index (χ3n) is 2.26. The van der Waals surface area contributed by atoms with Gasteiger partial charge in [-0.15, -0.1) is 0 Å². The summed E-state index contributed by atoms with van der Waals surface area (Å²) in [5, 5.41) is 0.467. The Labute approximate surface area is 142 Å². The highest BCUT2D eigenvalue weighted by molar-refractivity contribution is 9.10. The Kier molecular flexibility index (Phi) is 4.96. The SMILES string of the molecule is O=S(=O)(Nc1ccc(Br)cc1Cl)c1cnc(Cl)c(Br)c1. The van der Waals surface area contributed by atoms with Gasteiger partial charge < -0.3 is 0 Å². The number of halogens is 4. The minimum absolute atomic E-state index is 0.0206. The molecule has 0 radical (unpaired) electrons. The standard InChI is InChI=1S/C11H6Br2Cl2N2O2S/c12-6-1-2-10(9(14)3-6)17-20(18,19)7-4-8(13)11(15)16-5-7/h1-5,17H. The van der Waals surface area contributed by atoms with E-state index >= 15 is 0 Å². The van der Waals surface area contributed by atoms with Crippen LogP contribution in [0.2, 0.25) is 10.2 Å². The Hall–Kier alpha value is -0.340. The quantitative estimate of drug-likeness (QED) is 0.674. The Morgan fingerprint density at radius 1 is 1.15 bits per heavy atom. The topological polar surface area (TPSA) is 59.1 Å². The van der Waals surface area contributed by atoms with Crippen LogP contribution in [0, 0.1) is 0 Å². The molecule has 1 heterocycles. The Balaban J connectivity index is 2.38. The highest BCUT2D eigenvalue weighted by Gasteiger charge is 2.17. The van der Waals surface area contributed by atoms with Crippen LogP contribution in [0.5, 0.6) is 0 Å². The first-order valence-electron chi connectivity index (χ1n) is 5.08. The van der Waals surface area contributed by atoms with E-state index < -0.39 is 10.0 Å². The van der Waals surface area contributed by atoms with Gasteiger partial charge in [0.2, 0.25) is 0 Å². The third-order valence-corrected chi connectivity index (χ3v) is 5.53. The summed E-state index contributed by atoms with van der Waals surface area (Å²) in [4.78, 5) is 3.76. The molecular weight excluding hydrogens is 455 g/mol. The van der Waals surface area contributed by atoms with Crippen molar-refractivity contribution in [2.75, 3.05) is 4.72 Å². The summed E-state index contributed by atoms with van der Waals surface area (Å²) in [5.74, 6) is 0. The van der Waals surface area contributed by atoms with Gasteiger partial charge in [-0.25, -0.2) is 13.4 Å². The van der Waals surface area contributed by atoms with Gasteiger partial charge in [0.05, 0.1) is 15.2 Å². The molecule has 1 N–H and O–H groups in total. The highest BCUT2D eigenvalue weighted by atomic mass is 79.9. The number of rotatable bonds is 3. The zero-order chi connectivity index (χ0) is 14.9. The summed E-state index contributed by atoms with van der Waals surface area (Å²) < 4.78 is 28.0. The fraction of sp³-hybridized carbons (Fsp3) is 0. The van der Waals surface area contributed by atoms with Crippen molar-refractivity contribution in [1.29, 1.82) is 0 Å². The van der Waals surface area contributed by atoms with Crippen molar-refractivity contribution in [2.24, 2.45) is 0 Å². The average Bonchev–Trinajstić information content (AvgIpc) is 2.36. The average molecular weight is 461 g/mol. The van der Waals surface area contributed by atoms with E-state index in [4.69, 9.17) is 23.2 Å². The van der Waals surface area contributed by atoms with Crippen LogP contribution in [0.3, 0.4) is 0 Å². The zero-order valence-electron chi connectivity index (χ0n) is 9.57. The monoisotopic (exact) mass is 458 g/mol. The van der Waals surface area contributed by atoms with Crippen molar-refractivity contribution < 1.29 is 8.42 Å². The van der Waals surface area contributed by atoms with E-state index in [1.54, 1.807) is 18.2 Å². The molecule has 0 aliphatic heterocycles. The lowest BCUT2D eigenvalue weighted by molar-refractivity contribution is 0.600. The molecule has 2 aromatic rings. The summed E-state index contributed by atoms with van der Waals surface area (Å²) in [6, 6.07) is 6.20. The molecule has 0 fully saturated rings. The number of nitrogens with one attached hydrogen (secondary N) is 1. The number of anilines is 1. The van der Waals surface area contributed by atoms with E-state index in [-0.39, 0.29) is 20.8 Å². The number of hydrogen-bond acceptors (Lipinski definition) is 3. The number of nitrogens with zero attached hydrogens (tertiary/aromatic N) is 1. The molecule has 0 unspecified atom stereocenters. The molecule has 1 aromatic carbocycles. The van der Waals surface area contributed by atoms with Crippen molar-refractivity contribution in [3.8, 4) is 0 Å². The maximum Gasteiger partial charge on any atom is 0.263 e. The molecule has 0 saturated heterocycles. The zero-order valence-corrected chi connectivity index (χ0v) is 15.1. The normalized spacial score (nSPS) is 11.4. The lowest BCUT2D eigenvalue weighted by Crippen LogP contribution is -2.13. The number of sulfonamides is 1. The van der Waals surface area contributed by atoms with Crippen LogP contribution in [-0.2, 0) is 10.0 Å². The van der Waals surface area contributed by atoms with Crippen molar-refractivity contribution in [1.82, 2.24) is 4.98 Å². The van der Waals surface area contributed by atoms with Crippen LogP contribution in [0.25, 0.3) is 0 Å². The smallest absolute Gasteiger partial charge is 0.263 e. The predicted molar refractivity (Wildman–Crippen MR) is 86.9 cm³/mol. The molecule has 9 heteroatoms. The Bertz CT molecular complexity index is 769. The van der Waals surface area contributed by atoms with Gasteiger partial charge in [-0.3, -0.25) is 4.72 Å². The molecule has 106 valence electrons. The van der Waals surface area contributed by atoms with Gasteiger partial charge in [-0.05, 0) is 40.2 Å². The van der Waals surface area contributed by atoms with E-state index in [2.05, 4.69) is 41.6 Å². The maximum absolute atomic E-state index is 12.2. The van der Waals surface area contributed by atoms with Gasteiger partial charge in [-0.2, -0.15) is 0 Å². The third kappa shape index (κ3) is 3.65. The van der Waals surface area contributed by atoms with E-state index in [1.807, 2.05) is 0 Å². The van der Waals surface area contributed by atoms with Crippen LogP contribution >= 0.6 is 55.1 Å². The van der Waals surface area contributed by atoms with Crippen LogP contribution in [0.1, 0.15) is 0 Å². The first kappa shape index (κ1) is 16.0. The van der Waals surface area contributed by atoms with Gasteiger partial charge in [-0.1, -0.05) is 39.1 Å². The summed E-state index contributed by atoms with van der Waals surface area (Å²) in [7, 11) is -3.79. The van der Waals surface area contributed by atoms with E-state index in [0.717, 1.165) is 4.47 Å². The molecule has 0 aliphatic carbocycles. The lowest BCUT2D eigenvalue weighted by atomic mass is 10.3. The van der Waals surface area contributed by atoms with Crippen molar-refractivity contribution in [2.45, 2.75) is 4.90 Å². The van der Waals surface area contributed by atoms with Crippen molar-refractivity contribution in [3.63, 3.8) is 0 Å². The van der Waals surface area contributed by atoms with Crippen LogP contribution in [-0.4, -0.2) is 13.4 Å². The van der Waals surface area contributed by atoms with E-state index in [9.17, 15) is 8.42 Å². The number of hydrogen-bond donors (Lipinski definition) is 1. The van der Waals surface area contributed by atoms with Crippen LogP contribution in [0.15, 0.2) is 44.3 Å². The van der Waals surface area contributed by atoms with E-state index in [1.165, 1.54) is 12.3 Å². The second-order valence-corrected chi connectivity index (χ2v) is 7.89. The predicted octanol–water partition coefficient (Wildman–Crippen LogP) is 4.71. The largest absolute Gasteiger partial charge is 0.278 e. The van der Waals surface area contributed by atoms with Crippen molar-refractivity contribution >= 4 is 70.8 Å². The van der Waals surface area contributed by atoms with E-state index in [0.29, 0.717) is 4.47 Å². The van der Waals surface area contributed by atoms with Gasteiger partial charge in [0.15, 0.2) is 0 Å². The number of pyridine rings is 1. The fourth-order valence-electron chi connectivity index (χ4n) is 1.33. The van der Waals surface area contributed by atoms with Gasteiger partial charge in [0.1, 0.15) is 10.0 Å². The van der Waals surface area contributed by atoms with Crippen LogP contribution < -0.4 is 4.72 Å². The molecule has 0 atom stereocenters. The first-order valence-corrected chi connectivity index (χ1v) is 8.91. The number of benzene rings is 1. The van der Waals surface area contributed by atoms with Gasteiger partial charge in [0, 0.05) is 10.7 Å². The molecule has 0 bridgehead atoms. The number of aromatic nitrogens is 1. The van der Waals surface area contributed by atoms with Gasteiger partial charge in [0.25, 0.3) is 10.0 Å². The Morgan fingerprint density at radius 3 is 2.45 bits per heavy atom. The maximum atomic E-state index is 12.2. The molecule has 2 rings (SSSR count). The minimum atomic E-state index is -3.79. The summed E-state index contributed by atoms with van der Waals surface area (Å²) in [6.45, 7) is 0. The summed E-state index contributed by atoms with van der Waals surface area (Å²) >= 11 is 18.1. The summed E-state index contributed by atoms with van der Waals surface area (Å²) in [6.07, 6.45) is 1.17. The highest BCUT2D eigenvalue weighted by Crippen LogP contribution is 2.29. The second-order valence-electron chi connectivity index (χ2n) is 3.67. The molecule has 1 aromatic heterocycles. The molecule has 0 amide bonds. The molecule has 0 spiro atoms. The van der Waals surface area contributed by atoms with Gasteiger partial charge >= 0.3 is 0 Å². The molecule has 4 nitrogen and oxygen atoms in total. The summed E-state index contributed by atoms with van der Waals surface area (Å²) in [5.41, 5.74) is 0.279. The molecular formula is C11H6Br2Cl2N2O2S. The Morgan fingerprint density at radius 2 is 1.85 bits per heavy atom.